The number of nitrogens with one attached hydrogen (secondary N) is 2. The zero-order valence-electron chi connectivity index (χ0n) is 15.9. The Morgan fingerprint density at radius 2 is 1.93 bits per heavy atom. The minimum absolute atomic E-state index is 0.0879. The molecule has 0 bridgehead atoms. The number of hydrogen-bond donors (Lipinski definition) is 2. The molecule has 0 radical (unpaired) electrons. The van der Waals surface area contributed by atoms with Crippen LogP contribution in [0.1, 0.15) is 41.8 Å². The molecular formula is C21H25N3O4. The SMILES string of the molecule is Cc1cccc(N(CC(=O)NC2CCCC2)C(=O)CNC(=O)c2ccco2)c1. The Balaban J connectivity index is 1.66. The summed E-state index contributed by atoms with van der Waals surface area (Å²) in [5.41, 5.74) is 1.60. The molecular weight excluding hydrogens is 358 g/mol. The second-order valence-corrected chi connectivity index (χ2v) is 7.03. The molecule has 1 aromatic heterocycles. The third kappa shape index (κ3) is 5.22. The van der Waals surface area contributed by atoms with Crippen molar-refractivity contribution in [2.75, 3.05) is 18.0 Å². The number of carbonyl (C=O) groups excluding carboxylic acids is 3. The molecule has 0 unspecified atom stereocenters. The molecule has 0 aliphatic heterocycles. The van der Waals surface area contributed by atoms with E-state index in [4.69, 9.17) is 4.42 Å². The topological polar surface area (TPSA) is 91.7 Å². The van der Waals surface area contributed by atoms with Gasteiger partial charge in [0.25, 0.3) is 5.91 Å². The summed E-state index contributed by atoms with van der Waals surface area (Å²) in [5.74, 6) is -0.905. The average molecular weight is 383 g/mol. The van der Waals surface area contributed by atoms with Crippen molar-refractivity contribution in [3.05, 3.63) is 54.0 Å². The number of anilines is 1. The summed E-state index contributed by atoms with van der Waals surface area (Å²) in [6.07, 6.45) is 5.57. The number of amides is 3. The van der Waals surface area contributed by atoms with E-state index in [-0.39, 0.29) is 36.7 Å². The van der Waals surface area contributed by atoms with Crippen LogP contribution in [0, 0.1) is 6.92 Å². The van der Waals surface area contributed by atoms with Crippen molar-refractivity contribution in [1.82, 2.24) is 10.6 Å². The van der Waals surface area contributed by atoms with E-state index >= 15 is 0 Å². The van der Waals surface area contributed by atoms with Gasteiger partial charge in [0.15, 0.2) is 5.76 Å². The molecule has 1 saturated carbocycles. The van der Waals surface area contributed by atoms with Gasteiger partial charge in [-0.25, -0.2) is 0 Å². The molecule has 1 aliphatic rings. The zero-order chi connectivity index (χ0) is 19.9. The van der Waals surface area contributed by atoms with E-state index in [9.17, 15) is 14.4 Å². The van der Waals surface area contributed by atoms with Gasteiger partial charge in [0.2, 0.25) is 11.8 Å². The van der Waals surface area contributed by atoms with Crippen LogP contribution in [0.15, 0.2) is 47.1 Å². The Bertz CT molecular complexity index is 826. The molecule has 1 fully saturated rings. The first-order valence-corrected chi connectivity index (χ1v) is 9.51. The lowest BCUT2D eigenvalue weighted by atomic mass is 10.2. The molecule has 0 spiro atoms. The summed E-state index contributed by atoms with van der Waals surface area (Å²) in [7, 11) is 0. The molecule has 3 amide bonds. The predicted octanol–water partition coefficient (Wildman–Crippen LogP) is 2.41. The Morgan fingerprint density at radius 3 is 2.61 bits per heavy atom. The van der Waals surface area contributed by atoms with E-state index in [2.05, 4.69) is 10.6 Å². The highest BCUT2D eigenvalue weighted by molar-refractivity contribution is 6.02. The average Bonchev–Trinajstić information content (AvgIpc) is 3.38. The van der Waals surface area contributed by atoms with Crippen molar-refractivity contribution >= 4 is 23.4 Å². The maximum Gasteiger partial charge on any atom is 0.287 e. The minimum atomic E-state index is -0.474. The monoisotopic (exact) mass is 383 g/mol. The van der Waals surface area contributed by atoms with E-state index in [1.165, 1.54) is 17.2 Å². The van der Waals surface area contributed by atoms with E-state index in [1.54, 1.807) is 12.1 Å². The summed E-state index contributed by atoms with van der Waals surface area (Å²) >= 11 is 0. The van der Waals surface area contributed by atoms with Gasteiger partial charge in [-0.05, 0) is 49.6 Å². The third-order valence-electron chi connectivity index (χ3n) is 4.78. The van der Waals surface area contributed by atoms with E-state index < -0.39 is 5.91 Å². The summed E-state index contributed by atoms with van der Waals surface area (Å²) in [6.45, 7) is 1.60. The van der Waals surface area contributed by atoms with Gasteiger partial charge in [-0.3, -0.25) is 14.4 Å². The van der Waals surface area contributed by atoms with Crippen LogP contribution in [0.5, 0.6) is 0 Å². The van der Waals surface area contributed by atoms with Crippen LogP contribution >= 0.6 is 0 Å². The molecule has 1 aliphatic carbocycles. The number of carbonyl (C=O) groups is 3. The normalized spacial score (nSPS) is 13.9. The van der Waals surface area contributed by atoms with Crippen molar-refractivity contribution in [2.45, 2.75) is 38.6 Å². The fourth-order valence-corrected chi connectivity index (χ4v) is 3.35. The zero-order valence-corrected chi connectivity index (χ0v) is 15.9. The first-order valence-electron chi connectivity index (χ1n) is 9.51. The summed E-state index contributed by atoms with van der Waals surface area (Å²) < 4.78 is 5.03. The molecule has 1 heterocycles. The van der Waals surface area contributed by atoms with Gasteiger partial charge in [0.1, 0.15) is 6.54 Å². The molecule has 0 saturated heterocycles. The van der Waals surface area contributed by atoms with Gasteiger partial charge in [0, 0.05) is 11.7 Å². The highest BCUT2D eigenvalue weighted by atomic mass is 16.3. The molecule has 7 heteroatoms. The second kappa shape index (κ2) is 9.21. The number of hydrogen-bond acceptors (Lipinski definition) is 4. The van der Waals surface area contributed by atoms with Crippen LogP contribution < -0.4 is 15.5 Å². The van der Waals surface area contributed by atoms with Crippen molar-refractivity contribution in [3.63, 3.8) is 0 Å². The van der Waals surface area contributed by atoms with Gasteiger partial charge in [-0.2, -0.15) is 0 Å². The van der Waals surface area contributed by atoms with Crippen LogP contribution in [-0.2, 0) is 9.59 Å². The fourth-order valence-electron chi connectivity index (χ4n) is 3.35. The minimum Gasteiger partial charge on any atom is -0.459 e. The largest absolute Gasteiger partial charge is 0.459 e. The van der Waals surface area contributed by atoms with E-state index in [0.29, 0.717) is 5.69 Å². The van der Waals surface area contributed by atoms with Crippen LogP contribution in [0.4, 0.5) is 5.69 Å². The molecule has 3 rings (SSSR count). The van der Waals surface area contributed by atoms with E-state index in [1.807, 2.05) is 25.1 Å². The lowest BCUT2D eigenvalue weighted by Gasteiger charge is -2.24. The Labute approximate surface area is 164 Å². The number of aryl methyl sites for hydroxylation is 1. The summed E-state index contributed by atoms with van der Waals surface area (Å²) in [6, 6.07) is 10.7. The van der Waals surface area contributed by atoms with Crippen molar-refractivity contribution in [1.29, 1.82) is 0 Å². The number of rotatable bonds is 7. The number of furan rings is 1. The Kier molecular flexibility index (Phi) is 6.47. The summed E-state index contributed by atoms with van der Waals surface area (Å²) in [4.78, 5) is 38.7. The molecule has 2 N–H and O–H groups in total. The number of nitrogens with zero attached hydrogens (tertiary/aromatic N) is 1. The van der Waals surface area contributed by atoms with Crippen molar-refractivity contribution in [3.8, 4) is 0 Å². The molecule has 2 aromatic rings. The van der Waals surface area contributed by atoms with Gasteiger partial charge >= 0.3 is 0 Å². The Morgan fingerprint density at radius 1 is 1.14 bits per heavy atom. The highest BCUT2D eigenvalue weighted by Crippen LogP contribution is 2.19. The fraction of sp³-hybridized carbons (Fsp3) is 0.381. The van der Waals surface area contributed by atoms with Gasteiger partial charge in [-0.15, -0.1) is 0 Å². The van der Waals surface area contributed by atoms with Crippen LogP contribution in [0.25, 0.3) is 0 Å². The van der Waals surface area contributed by atoms with Gasteiger partial charge in [-0.1, -0.05) is 25.0 Å². The molecule has 148 valence electrons. The molecule has 28 heavy (non-hydrogen) atoms. The van der Waals surface area contributed by atoms with Crippen molar-refractivity contribution < 1.29 is 18.8 Å². The van der Waals surface area contributed by atoms with Crippen LogP contribution in [0.2, 0.25) is 0 Å². The first-order chi connectivity index (χ1) is 13.5. The van der Waals surface area contributed by atoms with Gasteiger partial charge in [0.05, 0.1) is 12.8 Å². The smallest absolute Gasteiger partial charge is 0.287 e. The van der Waals surface area contributed by atoms with E-state index in [0.717, 1.165) is 31.2 Å². The predicted molar refractivity (Wildman–Crippen MR) is 105 cm³/mol. The lowest BCUT2D eigenvalue weighted by Crippen LogP contribution is -2.47. The molecule has 7 nitrogen and oxygen atoms in total. The van der Waals surface area contributed by atoms with Crippen molar-refractivity contribution in [2.24, 2.45) is 0 Å². The highest BCUT2D eigenvalue weighted by Gasteiger charge is 2.23. The van der Waals surface area contributed by atoms with Crippen LogP contribution in [0.3, 0.4) is 0 Å². The van der Waals surface area contributed by atoms with Gasteiger partial charge < -0.3 is 20.0 Å². The summed E-state index contributed by atoms with van der Waals surface area (Å²) in [5, 5.41) is 5.54. The Hall–Kier alpha value is -3.09. The van der Waals surface area contributed by atoms with Crippen LogP contribution in [-0.4, -0.2) is 36.9 Å². The first kappa shape index (κ1) is 19.7. The third-order valence-corrected chi connectivity index (χ3v) is 4.78. The maximum absolute atomic E-state index is 12.8. The number of benzene rings is 1. The molecule has 0 atom stereocenters. The lowest BCUT2D eigenvalue weighted by molar-refractivity contribution is -0.123. The maximum atomic E-state index is 12.8. The molecule has 1 aromatic carbocycles. The second-order valence-electron chi connectivity index (χ2n) is 7.03. The quantitative estimate of drug-likeness (QED) is 0.768. The standard InChI is InChI=1S/C21H25N3O4/c1-15-6-4-9-17(12-15)24(14-19(25)23-16-7-2-3-8-16)20(26)13-22-21(27)18-10-5-11-28-18/h4-6,9-12,16H,2-3,7-8,13-14H2,1H3,(H,22,27)(H,23,25).